The summed E-state index contributed by atoms with van der Waals surface area (Å²) in [5.74, 6) is -0.459. The van der Waals surface area contributed by atoms with Gasteiger partial charge >= 0.3 is 0 Å². The second-order valence-electron chi connectivity index (χ2n) is 7.82. The first-order valence-electron chi connectivity index (χ1n) is 10.9. The third-order valence-corrected chi connectivity index (χ3v) is 8.58. The zero-order valence-electron chi connectivity index (χ0n) is 19.2. The van der Waals surface area contributed by atoms with E-state index in [0.717, 1.165) is 9.90 Å². The van der Waals surface area contributed by atoms with Gasteiger partial charge in [0.15, 0.2) is 4.34 Å². The fraction of sp³-hybridized carbons (Fsp3) is 0.160. The van der Waals surface area contributed by atoms with E-state index in [-0.39, 0.29) is 22.7 Å². The zero-order valence-corrected chi connectivity index (χ0v) is 21.6. The summed E-state index contributed by atoms with van der Waals surface area (Å²) in [7, 11) is -3.97. The summed E-state index contributed by atoms with van der Waals surface area (Å²) < 4.78 is 29.5. The van der Waals surface area contributed by atoms with E-state index >= 15 is 0 Å². The van der Waals surface area contributed by atoms with E-state index in [1.807, 2.05) is 30.3 Å². The predicted molar refractivity (Wildman–Crippen MR) is 142 cm³/mol. The maximum atomic E-state index is 13.7. The quantitative estimate of drug-likeness (QED) is 0.223. The lowest BCUT2D eigenvalue weighted by Gasteiger charge is -2.26. The first kappa shape index (κ1) is 24.9. The molecule has 0 unspecified atom stereocenters. The Morgan fingerprint density at radius 2 is 1.57 bits per heavy atom. The number of carbonyl (C=O) groups is 1. The molecule has 10 heteroatoms. The molecule has 1 aromatic heterocycles. The summed E-state index contributed by atoms with van der Waals surface area (Å²) in [5, 5.41) is 11.6. The molecular formula is C25H24N4O3S3. The number of amides is 1. The highest BCUT2D eigenvalue weighted by molar-refractivity contribution is 8.01. The van der Waals surface area contributed by atoms with Crippen molar-refractivity contribution in [2.75, 3.05) is 9.62 Å². The number of sulfonamides is 1. The van der Waals surface area contributed by atoms with Crippen LogP contribution in [0.5, 0.6) is 0 Å². The van der Waals surface area contributed by atoms with Crippen LogP contribution in [0, 0.1) is 0 Å². The topological polar surface area (TPSA) is 92.3 Å². The Morgan fingerprint density at radius 3 is 2.26 bits per heavy atom. The van der Waals surface area contributed by atoms with Crippen LogP contribution in [0.15, 0.2) is 94.2 Å². The molecule has 3 aromatic carbocycles. The van der Waals surface area contributed by atoms with Gasteiger partial charge in [-0.1, -0.05) is 97.6 Å². The van der Waals surface area contributed by atoms with Crippen LogP contribution >= 0.6 is 23.1 Å². The number of thioether (sulfide) groups is 1. The first-order chi connectivity index (χ1) is 16.8. The maximum Gasteiger partial charge on any atom is 0.264 e. The van der Waals surface area contributed by atoms with Crippen molar-refractivity contribution in [2.24, 2.45) is 0 Å². The van der Waals surface area contributed by atoms with Crippen molar-refractivity contribution < 1.29 is 13.2 Å². The Bertz CT molecular complexity index is 1390. The first-order valence-corrected chi connectivity index (χ1v) is 14.0. The molecule has 7 nitrogen and oxygen atoms in total. The molecule has 35 heavy (non-hydrogen) atoms. The lowest BCUT2D eigenvalue weighted by Crippen LogP contribution is -2.32. The van der Waals surface area contributed by atoms with Gasteiger partial charge in [0.1, 0.15) is 0 Å². The minimum absolute atomic E-state index is 0.0658. The molecule has 0 radical (unpaired) electrons. The Balaban J connectivity index is 1.72. The smallest absolute Gasteiger partial charge is 0.264 e. The molecular weight excluding hydrogens is 501 g/mol. The fourth-order valence-corrected chi connectivity index (χ4v) is 6.79. The molecule has 0 bridgehead atoms. The maximum absolute atomic E-state index is 13.7. The number of aromatic nitrogens is 2. The summed E-state index contributed by atoms with van der Waals surface area (Å²) in [5.41, 5.74) is 1.29. The van der Waals surface area contributed by atoms with Crippen LogP contribution in [0.2, 0.25) is 0 Å². The average molecular weight is 525 g/mol. The molecule has 0 spiro atoms. The third-order valence-electron chi connectivity index (χ3n) is 4.88. The van der Waals surface area contributed by atoms with Gasteiger partial charge in [0.25, 0.3) is 15.9 Å². The second-order valence-corrected chi connectivity index (χ2v) is 12.5. The third kappa shape index (κ3) is 6.08. The van der Waals surface area contributed by atoms with Crippen LogP contribution in [0.25, 0.3) is 0 Å². The molecule has 0 aliphatic heterocycles. The molecule has 1 amide bonds. The number of para-hydroxylation sites is 1. The predicted octanol–water partition coefficient (Wildman–Crippen LogP) is 5.69. The van der Waals surface area contributed by atoms with E-state index in [2.05, 4.69) is 29.4 Å². The Kier molecular flexibility index (Phi) is 7.84. The van der Waals surface area contributed by atoms with E-state index in [0.29, 0.717) is 10.4 Å². The zero-order chi connectivity index (χ0) is 24.8. The highest BCUT2D eigenvalue weighted by Gasteiger charge is 2.28. The normalized spacial score (nSPS) is 11.4. The molecule has 0 aliphatic rings. The minimum atomic E-state index is -3.97. The number of rotatable bonds is 9. The largest absolute Gasteiger partial charge is 0.296 e. The van der Waals surface area contributed by atoms with Crippen molar-refractivity contribution in [1.29, 1.82) is 0 Å². The van der Waals surface area contributed by atoms with E-state index in [1.54, 1.807) is 66.4 Å². The van der Waals surface area contributed by atoms with Crippen LogP contribution < -0.4 is 9.62 Å². The second kappa shape index (κ2) is 11.0. The molecule has 0 fully saturated rings. The van der Waals surface area contributed by atoms with Crippen molar-refractivity contribution in [3.8, 4) is 0 Å². The Morgan fingerprint density at radius 1 is 0.943 bits per heavy atom. The molecule has 4 aromatic rings. The van der Waals surface area contributed by atoms with Crippen molar-refractivity contribution in [2.45, 2.75) is 34.9 Å². The summed E-state index contributed by atoms with van der Waals surface area (Å²) in [4.78, 5) is 13.4. The van der Waals surface area contributed by atoms with Gasteiger partial charge in [-0.25, -0.2) is 8.42 Å². The van der Waals surface area contributed by atoms with Crippen LogP contribution in [0.3, 0.4) is 0 Å². The van der Waals surface area contributed by atoms with Crippen LogP contribution in [-0.4, -0.2) is 29.8 Å². The number of hydrogen-bond donors (Lipinski definition) is 1. The molecule has 0 aliphatic carbocycles. The van der Waals surface area contributed by atoms with Gasteiger partial charge in [0, 0.05) is 5.25 Å². The molecule has 0 atom stereocenters. The van der Waals surface area contributed by atoms with Gasteiger partial charge in [0.05, 0.1) is 22.7 Å². The van der Waals surface area contributed by atoms with E-state index in [9.17, 15) is 13.2 Å². The molecule has 1 heterocycles. The summed E-state index contributed by atoms with van der Waals surface area (Å²) >= 11 is 2.84. The molecule has 180 valence electrons. The van der Waals surface area contributed by atoms with Gasteiger partial charge in [-0.2, -0.15) is 0 Å². The number of nitrogens with zero attached hydrogens (tertiary/aromatic N) is 3. The van der Waals surface area contributed by atoms with Crippen molar-refractivity contribution >= 4 is 49.8 Å². The van der Waals surface area contributed by atoms with E-state index in [1.165, 1.54) is 15.6 Å². The van der Waals surface area contributed by atoms with Gasteiger partial charge < -0.3 is 0 Å². The van der Waals surface area contributed by atoms with Crippen molar-refractivity contribution in [3.63, 3.8) is 0 Å². The Hall–Kier alpha value is -3.21. The standard InChI is InChI=1S/C25H24N4O3S3/c1-18(2)33-25-28-27-24(34-25)26-23(30)21-15-9-10-16-22(21)29(17-19-11-5-3-6-12-19)35(31,32)20-13-7-4-8-14-20/h3-16,18H,17H2,1-2H3,(H,26,27,30). The molecule has 1 N–H and O–H groups in total. The number of benzene rings is 3. The lowest BCUT2D eigenvalue weighted by atomic mass is 10.1. The fourth-order valence-electron chi connectivity index (χ4n) is 3.33. The molecule has 0 saturated heterocycles. The van der Waals surface area contributed by atoms with Gasteiger partial charge in [-0.05, 0) is 29.8 Å². The number of hydrogen-bond acceptors (Lipinski definition) is 7. The van der Waals surface area contributed by atoms with Crippen LogP contribution in [0.1, 0.15) is 29.8 Å². The average Bonchev–Trinajstić information content (AvgIpc) is 3.29. The van der Waals surface area contributed by atoms with E-state index in [4.69, 9.17) is 0 Å². The SMILES string of the molecule is CC(C)Sc1nnc(NC(=O)c2ccccc2N(Cc2ccccc2)S(=O)(=O)c2ccccc2)s1. The highest BCUT2D eigenvalue weighted by atomic mass is 32.2. The van der Waals surface area contributed by atoms with Gasteiger partial charge in [0.2, 0.25) is 5.13 Å². The number of anilines is 2. The molecule has 4 rings (SSSR count). The van der Waals surface area contributed by atoms with Crippen molar-refractivity contribution in [1.82, 2.24) is 10.2 Å². The summed E-state index contributed by atoms with van der Waals surface area (Å²) in [6.07, 6.45) is 0. The van der Waals surface area contributed by atoms with Gasteiger partial charge in [-0.3, -0.25) is 14.4 Å². The number of carbonyl (C=O) groups excluding carboxylic acids is 1. The van der Waals surface area contributed by atoms with Crippen LogP contribution in [0.4, 0.5) is 10.8 Å². The van der Waals surface area contributed by atoms with Crippen LogP contribution in [-0.2, 0) is 16.6 Å². The summed E-state index contributed by atoms with van der Waals surface area (Å²) in [6, 6.07) is 24.1. The van der Waals surface area contributed by atoms with Crippen molar-refractivity contribution in [3.05, 3.63) is 96.1 Å². The van der Waals surface area contributed by atoms with Gasteiger partial charge in [-0.15, -0.1) is 10.2 Å². The summed E-state index contributed by atoms with van der Waals surface area (Å²) in [6.45, 7) is 4.17. The number of nitrogens with one attached hydrogen (secondary N) is 1. The minimum Gasteiger partial charge on any atom is -0.296 e. The molecule has 0 saturated carbocycles. The monoisotopic (exact) mass is 524 g/mol. The highest BCUT2D eigenvalue weighted by Crippen LogP contribution is 2.31. The lowest BCUT2D eigenvalue weighted by molar-refractivity contribution is 0.102. The van der Waals surface area contributed by atoms with E-state index < -0.39 is 15.9 Å². The Labute approximate surface area is 213 Å².